The summed E-state index contributed by atoms with van der Waals surface area (Å²) in [6, 6.07) is 0.591. The molecule has 2 saturated carbocycles. The van der Waals surface area contributed by atoms with Crippen LogP contribution in [0, 0.1) is 11.3 Å². The van der Waals surface area contributed by atoms with Crippen LogP contribution < -0.4 is 5.32 Å². The molecule has 0 aliphatic heterocycles. The number of ether oxygens (including phenoxy) is 1. The minimum atomic E-state index is 0.118. The highest BCUT2D eigenvalue weighted by molar-refractivity contribution is 5.04. The van der Waals surface area contributed by atoms with E-state index in [9.17, 15) is 0 Å². The lowest BCUT2D eigenvalue weighted by atomic mass is 9.67. The summed E-state index contributed by atoms with van der Waals surface area (Å²) in [6.45, 7) is 8.07. The van der Waals surface area contributed by atoms with E-state index in [4.69, 9.17) is 4.74 Å². The van der Waals surface area contributed by atoms with Crippen LogP contribution in [-0.4, -0.2) is 25.3 Å². The molecule has 0 spiro atoms. The van der Waals surface area contributed by atoms with Gasteiger partial charge in [0.2, 0.25) is 0 Å². The highest BCUT2D eigenvalue weighted by atomic mass is 16.5. The van der Waals surface area contributed by atoms with Crippen molar-refractivity contribution in [3.8, 4) is 0 Å². The van der Waals surface area contributed by atoms with Gasteiger partial charge in [-0.05, 0) is 56.4 Å². The summed E-state index contributed by atoms with van der Waals surface area (Å²) in [5.74, 6) is 0.871. The number of nitrogens with one attached hydrogen (secondary N) is 1. The highest BCUT2D eigenvalue weighted by Gasteiger charge is 2.49. The molecule has 0 heterocycles. The maximum Gasteiger partial charge on any atom is 0.0834 e. The van der Waals surface area contributed by atoms with Gasteiger partial charge in [0, 0.05) is 13.2 Å². The SMILES string of the molecule is CCNC(C1CC1)C1(OC)CCC(C)(C)CC1. The first-order valence-electron chi connectivity index (χ1n) is 7.31. The van der Waals surface area contributed by atoms with E-state index in [1.807, 2.05) is 7.11 Å². The average Bonchev–Trinajstić information content (AvgIpc) is 3.11. The van der Waals surface area contributed by atoms with Crippen LogP contribution in [0.15, 0.2) is 0 Å². The van der Waals surface area contributed by atoms with E-state index in [1.54, 1.807) is 0 Å². The van der Waals surface area contributed by atoms with E-state index < -0.39 is 0 Å². The Kier molecular flexibility index (Phi) is 3.84. The molecular weight excluding hydrogens is 210 g/mol. The van der Waals surface area contributed by atoms with Crippen molar-refractivity contribution in [1.29, 1.82) is 0 Å². The lowest BCUT2D eigenvalue weighted by Crippen LogP contribution is -2.55. The molecule has 2 heteroatoms. The van der Waals surface area contributed by atoms with Crippen molar-refractivity contribution in [3.05, 3.63) is 0 Å². The van der Waals surface area contributed by atoms with E-state index in [1.165, 1.54) is 38.5 Å². The van der Waals surface area contributed by atoms with Gasteiger partial charge in [-0.1, -0.05) is 20.8 Å². The van der Waals surface area contributed by atoms with E-state index in [0.29, 0.717) is 11.5 Å². The van der Waals surface area contributed by atoms with Crippen LogP contribution in [-0.2, 0) is 4.74 Å². The lowest BCUT2D eigenvalue weighted by Gasteiger charge is -2.47. The Hall–Kier alpha value is -0.0800. The molecule has 0 bridgehead atoms. The molecule has 0 saturated heterocycles. The normalized spacial score (nSPS) is 28.9. The Morgan fingerprint density at radius 2 is 1.76 bits per heavy atom. The van der Waals surface area contributed by atoms with Crippen molar-refractivity contribution >= 4 is 0 Å². The summed E-state index contributed by atoms with van der Waals surface area (Å²) >= 11 is 0. The molecule has 2 aliphatic rings. The van der Waals surface area contributed by atoms with E-state index in [-0.39, 0.29) is 5.60 Å². The van der Waals surface area contributed by atoms with Crippen LogP contribution in [0.3, 0.4) is 0 Å². The molecule has 2 aliphatic carbocycles. The molecule has 1 N–H and O–H groups in total. The van der Waals surface area contributed by atoms with Gasteiger partial charge in [0.05, 0.1) is 5.60 Å². The maximum absolute atomic E-state index is 6.03. The molecule has 2 fully saturated rings. The number of rotatable bonds is 5. The Bertz CT molecular complexity index is 248. The van der Waals surface area contributed by atoms with Crippen LogP contribution in [0.2, 0.25) is 0 Å². The lowest BCUT2D eigenvalue weighted by molar-refractivity contribution is -0.0907. The zero-order chi connectivity index (χ0) is 12.5. The average molecular weight is 239 g/mol. The third-order valence-electron chi connectivity index (χ3n) is 4.94. The monoisotopic (exact) mass is 239 g/mol. The Labute approximate surface area is 107 Å². The van der Waals surface area contributed by atoms with Gasteiger partial charge in [0.15, 0.2) is 0 Å². The fourth-order valence-corrected chi connectivity index (χ4v) is 3.42. The van der Waals surface area contributed by atoms with Gasteiger partial charge in [-0.25, -0.2) is 0 Å². The molecule has 100 valence electrons. The zero-order valence-corrected chi connectivity index (χ0v) is 12.0. The third kappa shape index (κ3) is 2.85. The Balaban J connectivity index is 2.07. The first-order valence-corrected chi connectivity index (χ1v) is 7.31. The minimum Gasteiger partial charge on any atom is -0.377 e. The number of methoxy groups -OCH3 is 1. The van der Waals surface area contributed by atoms with E-state index >= 15 is 0 Å². The van der Waals surface area contributed by atoms with Gasteiger partial charge in [0.25, 0.3) is 0 Å². The summed E-state index contributed by atoms with van der Waals surface area (Å²) < 4.78 is 6.03. The standard InChI is InChI=1S/C15H29NO/c1-5-16-13(12-6-7-12)15(17-4)10-8-14(2,3)9-11-15/h12-13,16H,5-11H2,1-4H3. The van der Waals surface area contributed by atoms with Crippen LogP contribution in [0.25, 0.3) is 0 Å². The van der Waals surface area contributed by atoms with Gasteiger partial charge in [0.1, 0.15) is 0 Å². The van der Waals surface area contributed by atoms with Crippen molar-refractivity contribution < 1.29 is 4.74 Å². The molecule has 0 aromatic rings. The quantitative estimate of drug-likeness (QED) is 0.794. The Morgan fingerprint density at radius 3 is 2.18 bits per heavy atom. The van der Waals surface area contributed by atoms with Crippen molar-refractivity contribution in [2.45, 2.75) is 70.9 Å². The van der Waals surface area contributed by atoms with Gasteiger partial charge in [-0.15, -0.1) is 0 Å². The molecule has 2 rings (SSSR count). The van der Waals surface area contributed by atoms with Crippen molar-refractivity contribution in [3.63, 3.8) is 0 Å². The van der Waals surface area contributed by atoms with Crippen LogP contribution in [0.4, 0.5) is 0 Å². The topological polar surface area (TPSA) is 21.3 Å². The summed E-state index contributed by atoms with van der Waals surface area (Å²) in [6.07, 6.45) is 7.85. The maximum atomic E-state index is 6.03. The summed E-state index contributed by atoms with van der Waals surface area (Å²) in [4.78, 5) is 0. The Morgan fingerprint density at radius 1 is 1.18 bits per heavy atom. The van der Waals surface area contributed by atoms with Gasteiger partial charge >= 0.3 is 0 Å². The fourth-order valence-electron chi connectivity index (χ4n) is 3.42. The molecule has 1 unspecified atom stereocenters. The molecule has 0 radical (unpaired) electrons. The molecular formula is C15H29NO. The smallest absolute Gasteiger partial charge is 0.0834 e. The van der Waals surface area contributed by atoms with E-state index in [0.717, 1.165) is 12.5 Å². The van der Waals surface area contributed by atoms with E-state index in [2.05, 4.69) is 26.1 Å². The molecule has 1 atom stereocenters. The summed E-state index contributed by atoms with van der Waals surface area (Å²) in [5.41, 5.74) is 0.634. The van der Waals surface area contributed by atoms with Crippen molar-refractivity contribution in [2.24, 2.45) is 11.3 Å². The molecule has 0 aromatic carbocycles. The minimum absolute atomic E-state index is 0.118. The second-order valence-corrected chi connectivity index (χ2v) is 6.81. The fraction of sp³-hybridized carbons (Fsp3) is 1.00. The second-order valence-electron chi connectivity index (χ2n) is 6.81. The summed E-state index contributed by atoms with van der Waals surface area (Å²) in [7, 11) is 1.92. The molecule has 2 nitrogen and oxygen atoms in total. The van der Waals surface area contributed by atoms with Crippen molar-refractivity contribution in [2.75, 3.05) is 13.7 Å². The molecule has 0 amide bonds. The summed E-state index contributed by atoms with van der Waals surface area (Å²) in [5, 5.41) is 3.71. The second kappa shape index (κ2) is 4.89. The highest BCUT2D eigenvalue weighted by Crippen LogP contribution is 2.48. The van der Waals surface area contributed by atoms with Gasteiger partial charge in [-0.2, -0.15) is 0 Å². The van der Waals surface area contributed by atoms with Gasteiger partial charge < -0.3 is 10.1 Å². The van der Waals surface area contributed by atoms with Crippen LogP contribution in [0.5, 0.6) is 0 Å². The van der Waals surface area contributed by atoms with Gasteiger partial charge in [-0.3, -0.25) is 0 Å². The first kappa shape index (κ1) is 13.4. The van der Waals surface area contributed by atoms with Crippen molar-refractivity contribution in [1.82, 2.24) is 5.32 Å². The van der Waals surface area contributed by atoms with Crippen LogP contribution >= 0.6 is 0 Å². The predicted molar refractivity (Wildman–Crippen MR) is 72.2 cm³/mol. The first-order chi connectivity index (χ1) is 8.03. The molecule has 17 heavy (non-hydrogen) atoms. The number of hydrogen-bond acceptors (Lipinski definition) is 2. The largest absolute Gasteiger partial charge is 0.377 e. The predicted octanol–water partition coefficient (Wildman–Crippen LogP) is 3.36. The number of hydrogen-bond donors (Lipinski definition) is 1. The zero-order valence-electron chi connectivity index (χ0n) is 12.0. The third-order valence-corrected chi connectivity index (χ3v) is 4.94. The number of likely N-dealkylation sites (N-methyl/N-ethyl adjacent to an activating group) is 1. The molecule has 0 aromatic heterocycles. The van der Waals surface area contributed by atoms with Crippen LogP contribution in [0.1, 0.15) is 59.3 Å².